The van der Waals surface area contributed by atoms with Crippen LogP contribution in [-0.4, -0.2) is 11.5 Å². The van der Waals surface area contributed by atoms with E-state index in [1.807, 2.05) is 6.92 Å². The van der Waals surface area contributed by atoms with Gasteiger partial charge in [0.05, 0.1) is 16.8 Å². The Labute approximate surface area is 112 Å². The molecule has 0 amide bonds. The van der Waals surface area contributed by atoms with Crippen molar-refractivity contribution in [3.8, 4) is 11.5 Å². The first-order chi connectivity index (χ1) is 9.41. The first kappa shape index (κ1) is 14.5. The first-order valence-corrected chi connectivity index (χ1v) is 5.94. The van der Waals surface area contributed by atoms with E-state index in [2.05, 4.69) is 10.3 Å². The van der Waals surface area contributed by atoms with Gasteiger partial charge in [-0.2, -0.15) is 13.2 Å². The molecule has 0 unspecified atom stereocenters. The van der Waals surface area contributed by atoms with Crippen molar-refractivity contribution in [2.45, 2.75) is 19.6 Å². The van der Waals surface area contributed by atoms with Gasteiger partial charge in [0.15, 0.2) is 0 Å². The second kappa shape index (κ2) is 5.62. The Morgan fingerprint density at radius 2 is 2.05 bits per heavy atom. The van der Waals surface area contributed by atoms with Crippen LogP contribution in [0.4, 0.5) is 17.6 Å². The molecular weight excluding hydrogens is 276 g/mol. The molecule has 0 saturated heterocycles. The lowest BCUT2D eigenvalue weighted by Crippen LogP contribution is -2.11. The Balaban J connectivity index is 2.34. The van der Waals surface area contributed by atoms with Gasteiger partial charge in [-0.25, -0.2) is 9.37 Å². The van der Waals surface area contributed by atoms with Crippen LogP contribution >= 0.6 is 0 Å². The average molecular weight is 288 g/mol. The van der Waals surface area contributed by atoms with Crippen LogP contribution in [0.5, 0.6) is 0 Å². The Morgan fingerprint density at radius 3 is 2.70 bits per heavy atom. The molecule has 1 heterocycles. The molecule has 1 N–H and O–H groups in total. The Hall–Kier alpha value is -1.89. The lowest BCUT2D eigenvalue weighted by Gasteiger charge is -2.07. The van der Waals surface area contributed by atoms with Crippen molar-refractivity contribution < 1.29 is 22.0 Å². The van der Waals surface area contributed by atoms with Gasteiger partial charge in [-0.3, -0.25) is 0 Å². The Bertz CT molecular complexity index is 592. The summed E-state index contributed by atoms with van der Waals surface area (Å²) < 4.78 is 56.5. The van der Waals surface area contributed by atoms with Gasteiger partial charge in [-0.15, -0.1) is 0 Å². The standard InChI is InChI=1S/C13H12F4N2O/c1-2-18-6-9-7-20-12(19-9)10-5-8(13(15,16)17)3-4-11(10)14/h3-5,7,18H,2,6H2,1H3. The van der Waals surface area contributed by atoms with Crippen LogP contribution in [0.15, 0.2) is 28.9 Å². The zero-order valence-corrected chi connectivity index (χ0v) is 10.6. The summed E-state index contributed by atoms with van der Waals surface area (Å²) in [6.07, 6.45) is -3.25. The Kier molecular flexibility index (Phi) is 4.08. The minimum absolute atomic E-state index is 0.165. The maximum atomic E-state index is 13.6. The summed E-state index contributed by atoms with van der Waals surface area (Å²) in [6.45, 7) is 3.01. The molecule has 0 atom stereocenters. The van der Waals surface area contributed by atoms with E-state index in [-0.39, 0.29) is 11.5 Å². The van der Waals surface area contributed by atoms with Gasteiger partial charge in [0.2, 0.25) is 5.89 Å². The van der Waals surface area contributed by atoms with Crippen molar-refractivity contribution in [3.05, 3.63) is 41.5 Å². The lowest BCUT2D eigenvalue weighted by atomic mass is 10.1. The van der Waals surface area contributed by atoms with Gasteiger partial charge in [-0.1, -0.05) is 6.92 Å². The monoisotopic (exact) mass is 288 g/mol. The van der Waals surface area contributed by atoms with E-state index in [0.717, 1.165) is 6.07 Å². The maximum Gasteiger partial charge on any atom is 0.416 e. The van der Waals surface area contributed by atoms with E-state index in [0.29, 0.717) is 30.9 Å². The number of aromatic nitrogens is 1. The molecule has 0 aliphatic carbocycles. The highest BCUT2D eigenvalue weighted by atomic mass is 19.4. The van der Waals surface area contributed by atoms with Crippen LogP contribution in [0.3, 0.4) is 0 Å². The molecule has 20 heavy (non-hydrogen) atoms. The van der Waals surface area contributed by atoms with Crippen LogP contribution in [-0.2, 0) is 12.7 Å². The number of benzene rings is 1. The van der Waals surface area contributed by atoms with Crippen molar-refractivity contribution >= 4 is 0 Å². The van der Waals surface area contributed by atoms with E-state index in [1.54, 1.807) is 0 Å². The lowest BCUT2D eigenvalue weighted by molar-refractivity contribution is -0.137. The molecule has 0 saturated carbocycles. The third-order valence-electron chi connectivity index (χ3n) is 2.63. The van der Waals surface area contributed by atoms with Gasteiger partial charge in [0.25, 0.3) is 0 Å². The van der Waals surface area contributed by atoms with Gasteiger partial charge in [0.1, 0.15) is 12.1 Å². The molecule has 0 bridgehead atoms. The number of nitrogens with one attached hydrogen (secondary N) is 1. The molecule has 0 spiro atoms. The molecule has 3 nitrogen and oxygen atoms in total. The largest absolute Gasteiger partial charge is 0.444 e. The first-order valence-electron chi connectivity index (χ1n) is 5.94. The molecule has 2 rings (SSSR count). The van der Waals surface area contributed by atoms with Crippen molar-refractivity contribution in [3.63, 3.8) is 0 Å². The number of halogens is 4. The molecule has 108 valence electrons. The third-order valence-corrected chi connectivity index (χ3v) is 2.63. The molecule has 0 aliphatic heterocycles. The topological polar surface area (TPSA) is 38.1 Å². The normalized spacial score (nSPS) is 11.8. The quantitative estimate of drug-likeness (QED) is 0.873. The summed E-state index contributed by atoms with van der Waals surface area (Å²) in [5.41, 5.74) is -0.749. The minimum Gasteiger partial charge on any atom is -0.444 e. The summed E-state index contributed by atoms with van der Waals surface area (Å²) >= 11 is 0. The number of rotatable bonds is 4. The van der Waals surface area contributed by atoms with Crippen LogP contribution in [0, 0.1) is 5.82 Å². The smallest absolute Gasteiger partial charge is 0.416 e. The molecule has 1 aromatic heterocycles. The molecule has 0 fully saturated rings. The van der Waals surface area contributed by atoms with Gasteiger partial charge >= 0.3 is 6.18 Å². The highest BCUT2D eigenvalue weighted by Gasteiger charge is 2.31. The zero-order valence-electron chi connectivity index (χ0n) is 10.6. The van der Waals surface area contributed by atoms with Gasteiger partial charge < -0.3 is 9.73 Å². The average Bonchev–Trinajstić information content (AvgIpc) is 2.84. The summed E-state index contributed by atoms with van der Waals surface area (Å²) in [6, 6.07) is 2.13. The van der Waals surface area contributed by atoms with E-state index in [1.165, 1.54) is 6.26 Å². The van der Waals surface area contributed by atoms with Crippen molar-refractivity contribution in [2.24, 2.45) is 0 Å². The van der Waals surface area contributed by atoms with Crippen molar-refractivity contribution in [1.29, 1.82) is 0 Å². The van der Waals surface area contributed by atoms with Crippen LogP contribution in [0.25, 0.3) is 11.5 Å². The highest BCUT2D eigenvalue weighted by molar-refractivity contribution is 5.56. The van der Waals surface area contributed by atoms with E-state index >= 15 is 0 Å². The molecule has 1 aromatic carbocycles. The molecule has 0 aliphatic rings. The number of hydrogen-bond acceptors (Lipinski definition) is 3. The minimum atomic E-state index is -4.54. The number of oxazole rings is 1. The molecule has 7 heteroatoms. The Morgan fingerprint density at radius 1 is 1.30 bits per heavy atom. The van der Waals surface area contributed by atoms with Gasteiger partial charge in [-0.05, 0) is 24.7 Å². The van der Waals surface area contributed by atoms with Gasteiger partial charge in [0, 0.05) is 6.54 Å². The summed E-state index contributed by atoms with van der Waals surface area (Å²) in [5, 5.41) is 2.98. The van der Waals surface area contributed by atoms with Crippen molar-refractivity contribution in [1.82, 2.24) is 10.3 Å². The summed E-state index contributed by atoms with van der Waals surface area (Å²) in [5.74, 6) is -0.976. The van der Waals surface area contributed by atoms with E-state index in [9.17, 15) is 17.6 Å². The van der Waals surface area contributed by atoms with Crippen LogP contribution < -0.4 is 5.32 Å². The SMILES string of the molecule is CCNCc1coc(-c2cc(C(F)(F)F)ccc2F)n1. The number of alkyl halides is 3. The number of hydrogen-bond donors (Lipinski definition) is 1. The zero-order chi connectivity index (χ0) is 14.8. The fourth-order valence-corrected chi connectivity index (χ4v) is 1.63. The van der Waals surface area contributed by atoms with Crippen LogP contribution in [0.2, 0.25) is 0 Å². The van der Waals surface area contributed by atoms with Crippen LogP contribution in [0.1, 0.15) is 18.2 Å². The number of nitrogens with zero attached hydrogens (tertiary/aromatic N) is 1. The predicted octanol–water partition coefficient (Wildman–Crippen LogP) is 3.61. The van der Waals surface area contributed by atoms with E-state index in [4.69, 9.17) is 4.42 Å². The predicted molar refractivity (Wildman–Crippen MR) is 64.3 cm³/mol. The molecule has 0 radical (unpaired) electrons. The fraction of sp³-hybridized carbons (Fsp3) is 0.308. The van der Waals surface area contributed by atoms with E-state index < -0.39 is 17.6 Å². The third kappa shape index (κ3) is 3.16. The summed E-state index contributed by atoms with van der Waals surface area (Å²) in [7, 11) is 0. The maximum absolute atomic E-state index is 13.6. The fourth-order valence-electron chi connectivity index (χ4n) is 1.63. The second-order valence-corrected chi connectivity index (χ2v) is 4.12. The van der Waals surface area contributed by atoms with Crippen molar-refractivity contribution in [2.75, 3.05) is 6.54 Å². The molecular formula is C13H12F4N2O. The molecule has 2 aromatic rings. The highest BCUT2D eigenvalue weighted by Crippen LogP contribution is 2.33. The second-order valence-electron chi connectivity index (χ2n) is 4.12. The summed E-state index contributed by atoms with van der Waals surface area (Å²) in [4.78, 5) is 3.97.